The van der Waals surface area contributed by atoms with Gasteiger partial charge in [-0.25, -0.2) is 18.2 Å². The number of hydrogen-bond donors (Lipinski definition) is 1. The standard InChI is InChI=1S/C18H20F6N4O/c19-11-5-13(21)12(20)4-10(11)17-14(25)3-9(8-29-17)27-1-2-28-6-15(18(22,23)24)26-16(28)7-27/h5-6,9-10,14,17H,1-4,7-8,25H2/t9?,10?,14?,17-/m1/s1. The number of nitrogens with zero attached hydrogens (tertiary/aromatic N) is 3. The molecule has 2 N–H and O–H groups in total. The lowest BCUT2D eigenvalue weighted by atomic mass is 9.84. The molecule has 0 saturated carbocycles. The van der Waals surface area contributed by atoms with Crippen LogP contribution < -0.4 is 5.73 Å². The van der Waals surface area contributed by atoms with E-state index in [-0.39, 0.29) is 19.2 Å². The van der Waals surface area contributed by atoms with Crippen molar-refractivity contribution in [1.29, 1.82) is 0 Å². The van der Waals surface area contributed by atoms with E-state index >= 15 is 0 Å². The minimum Gasteiger partial charge on any atom is -0.374 e. The maximum atomic E-state index is 14.1. The van der Waals surface area contributed by atoms with Gasteiger partial charge in [0.05, 0.1) is 19.3 Å². The van der Waals surface area contributed by atoms with Crippen LogP contribution in [0.1, 0.15) is 24.4 Å². The predicted molar refractivity (Wildman–Crippen MR) is 90.3 cm³/mol. The Morgan fingerprint density at radius 2 is 1.93 bits per heavy atom. The lowest BCUT2D eigenvalue weighted by Gasteiger charge is -2.43. The number of hydrogen-bond acceptors (Lipinski definition) is 4. The third-order valence-electron chi connectivity index (χ3n) is 5.76. The molecule has 2 aliphatic heterocycles. The van der Waals surface area contributed by atoms with Gasteiger partial charge in [0.15, 0.2) is 11.5 Å². The van der Waals surface area contributed by atoms with Crippen molar-refractivity contribution in [2.24, 2.45) is 11.7 Å². The largest absolute Gasteiger partial charge is 0.434 e. The molecular weight excluding hydrogens is 402 g/mol. The number of alkyl halides is 3. The van der Waals surface area contributed by atoms with Gasteiger partial charge in [0, 0.05) is 49.8 Å². The molecule has 0 spiro atoms. The van der Waals surface area contributed by atoms with Gasteiger partial charge in [0.25, 0.3) is 0 Å². The third-order valence-corrected chi connectivity index (χ3v) is 5.76. The molecule has 5 nitrogen and oxygen atoms in total. The van der Waals surface area contributed by atoms with Crippen LogP contribution >= 0.6 is 0 Å². The number of aromatic nitrogens is 2. The number of halogens is 6. The van der Waals surface area contributed by atoms with Crippen LogP contribution in [-0.2, 0) is 24.0 Å². The lowest BCUT2D eigenvalue weighted by molar-refractivity contribution is -0.141. The van der Waals surface area contributed by atoms with Crippen molar-refractivity contribution < 1.29 is 31.1 Å². The van der Waals surface area contributed by atoms with E-state index in [1.54, 1.807) is 0 Å². The van der Waals surface area contributed by atoms with Crippen LogP contribution in [0, 0.1) is 5.92 Å². The number of ether oxygens (including phenoxy) is 1. The normalized spacial score (nSPS) is 31.6. The highest BCUT2D eigenvalue weighted by molar-refractivity contribution is 5.26. The molecule has 1 aromatic rings. The molecule has 160 valence electrons. The smallest absolute Gasteiger partial charge is 0.374 e. The molecule has 1 fully saturated rings. The van der Waals surface area contributed by atoms with Crippen LogP contribution in [0.3, 0.4) is 0 Å². The average molecular weight is 422 g/mol. The van der Waals surface area contributed by atoms with Crippen LogP contribution in [0.2, 0.25) is 0 Å². The summed E-state index contributed by atoms with van der Waals surface area (Å²) in [6.45, 7) is 1.22. The minimum atomic E-state index is -4.50. The molecule has 3 heterocycles. The number of allylic oxidation sites excluding steroid dienone is 3. The van der Waals surface area contributed by atoms with Crippen LogP contribution in [-0.4, -0.2) is 45.8 Å². The highest BCUT2D eigenvalue weighted by atomic mass is 19.4. The van der Waals surface area contributed by atoms with E-state index in [4.69, 9.17) is 10.5 Å². The van der Waals surface area contributed by atoms with E-state index in [0.717, 1.165) is 6.20 Å². The summed E-state index contributed by atoms with van der Waals surface area (Å²) in [6, 6.07) is -0.812. The number of nitrogens with two attached hydrogens (primary N) is 1. The van der Waals surface area contributed by atoms with E-state index in [9.17, 15) is 26.3 Å². The zero-order valence-corrected chi connectivity index (χ0v) is 15.3. The molecule has 0 bridgehead atoms. The van der Waals surface area contributed by atoms with Gasteiger partial charge in [-0.05, 0) is 6.42 Å². The Kier molecular flexibility index (Phi) is 5.24. The van der Waals surface area contributed by atoms with Crippen molar-refractivity contribution >= 4 is 0 Å². The van der Waals surface area contributed by atoms with Gasteiger partial charge in [-0.2, -0.15) is 13.2 Å². The quantitative estimate of drug-likeness (QED) is 0.744. The minimum absolute atomic E-state index is 0.169. The monoisotopic (exact) mass is 422 g/mol. The highest BCUT2D eigenvalue weighted by Crippen LogP contribution is 2.38. The summed E-state index contributed by atoms with van der Waals surface area (Å²) < 4.78 is 86.7. The second-order valence-corrected chi connectivity index (χ2v) is 7.65. The molecule has 0 aromatic carbocycles. The van der Waals surface area contributed by atoms with Gasteiger partial charge < -0.3 is 15.0 Å². The van der Waals surface area contributed by atoms with Gasteiger partial charge in [0.1, 0.15) is 17.5 Å². The van der Waals surface area contributed by atoms with Crippen molar-refractivity contribution in [3.63, 3.8) is 0 Å². The Bertz CT molecular complexity index is 848. The fourth-order valence-corrected chi connectivity index (χ4v) is 4.22. The van der Waals surface area contributed by atoms with Gasteiger partial charge >= 0.3 is 6.18 Å². The van der Waals surface area contributed by atoms with Crippen molar-refractivity contribution in [2.75, 3.05) is 13.2 Å². The summed E-state index contributed by atoms with van der Waals surface area (Å²) in [7, 11) is 0. The van der Waals surface area contributed by atoms with E-state index in [1.165, 1.54) is 4.57 Å². The molecule has 3 unspecified atom stereocenters. The van der Waals surface area contributed by atoms with Gasteiger partial charge in [-0.1, -0.05) is 0 Å². The molecule has 1 saturated heterocycles. The Morgan fingerprint density at radius 1 is 1.17 bits per heavy atom. The van der Waals surface area contributed by atoms with Crippen molar-refractivity contribution in [3.8, 4) is 0 Å². The average Bonchev–Trinajstić information content (AvgIpc) is 3.09. The molecule has 11 heteroatoms. The lowest BCUT2D eigenvalue weighted by Crippen LogP contribution is -2.55. The summed E-state index contributed by atoms with van der Waals surface area (Å²) in [5.74, 6) is -3.73. The molecule has 0 amide bonds. The molecule has 4 atom stereocenters. The summed E-state index contributed by atoms with van der Waals surface area (Å²) in [5.41, 5.74) is 5.23. The first kappa shape index (κ1) is 20.4. The van der Waals surface area contributed by atoms with Gasteiger partial charge in [-0.3, -0.25) is 4.90 Å². The van der Waals surface area contributed by atoms with Crippen molar-refractivity contribution in [2.45, 2.75) is 50.3 Å². The Morgan fingerprint density at radius 3 is 2.62 bits per heavy atom. The molecule has 1 aromatic heterocycles. The van der Waals surface area contributed by atoms with Crippen LogP contribution in [0.25, 0.3) is 0 Å². The first-order valence-electron chi connectivity index (χ1n) is 9.29. The molecule has 4 rings (SSSR count). The fraction of sp³-hybridized carbons (Fsp3) is 0.611. The van der Waals surface area contributed by atoms with E-state index < -0.39 is 53.8 Å². The maximum absolute atomic E-state index is 14.1. The zero-order chi connectivity index (χ0) is 20.9. The van der Waals surface area contributed by atoms with E-state index in [1.807, 2.05) is 4.90 Å². The summed E-state index contributed by atoms with van der Waals surface area (Å²) in [4.78, 5) is 5.62. The second kappa shape index (κ2) is 7.44. The van der Waals surface area contributed by atoms with Crippen LogP contribution in [0.5, 0.6) is 0 Å². The van der Waals surface area contributed by atoms with Crippen LogP contribution in [0.15, 0.2) is 29.8 Å². The Balaban J connectivity index is 1.41. The first-order chi connectivity index (χ1) is 13.6. The predicted octanol–water partition coefficient (Wildman–Crippen LogP) is 3.23. The SMILES string of the molecule is NC1CC(N2CCn3cc(C(F)(F)F)nc3C2)CO[C@@H]1C1CC(F)=C(F)C=C1F. The third kappa shape index (κ3) is 3.95. The molecule has 3 aliphatic rings. The van der Waals surface area contributed by atoms with Gasteiger partial charge in [0.2, 0.25) is 0 Å². The summed E-state index contributed by atoms with van der Waals surface area (Å²) in [6.07, 6.45) is -3.82. The fourth-order valence-electron chi connectivity index (χ4n) is 4.22. The first-order valence-corrected chi connectivity index (χ1v) is 9.29. The zero-order valence-electron chi connectivity index (χ0n) is 15.3. The molecule has 0 radical (unpaired) electrons. The molecule has 1 aliphatic carbocycles. The second-order valence-electron chi connectivity index (χ2n) is 7.65. The van der Waals surface area contributed by atoms with Gasteiger partial charge in [-0.15, -0.1) is 0 Å². The Hall–Kier alpha value is -1.85. The topological polar surface area (TPSA) is 56.3 Å². The Labute approximate surface area is 162 Å². The molecule has 29 heavy (non-hydrogen) atoms. The van der Waals surface area contributed by atoms with Crippen molar-refractivity contribution in [3.05, 3.63) is 41.3 Å². The summed E-state index contributed by atoms with van der Waals surface area (Å²) in [5, 5.41) is 0. The summed E-state index contributed by atoms with van der Waals surface area (Å²) >= 11 is 0. The number of fused-ring (bicyclic) bond motifs is 1. The maximum Gasteiger partial charge on any atom is 0.434 e. The van der Waals surface area contributed by atoms with E-state index in [0.29, 0.717) is 31.4 Å². The number of imidazole rings is 1. The van der Waals surface area contributed by atoms with E-state index in [2.05, 4.69) is 4.98 Å². The molecular formula is C18H20F6N4O. The highest BCUT2D eigenvalue weighted by Gasteiger charge is 2.41. The van der Waals surface area contributed by atoms with Crippen LogP contribution in [0.4, 0.5) is 26.3 Å². The van der Waals surface area contributed by atoms with Crippen molar-refractivity contribution in [1.82, 2.24) is 14.5 Å². The number of rotatable bonds is 2.